The van der Waals surface area contributed by atoms with Crippen LogP contribution in [-0.4, -0.2) is 17.0 Å². The molecule has 3 heteroatoms. The molecule has 0 saturated heterocycles. The molecule has 0 aliphatic carbocycles. The van der Waals surface area contributed by atoms with Crippen LogP contribution in [0.4, 0.5) is 0 Å². The lowest BCUT2D eigenvalue weighted by atomic mass is 10.1. The highest BCUT2D eigenvalue weighted by Gasteiger charge is 2.17. The summed E-state index contributed by atoms with van der Waals surface area (Å²) in [6.07, 6.45) is 1.00. The molecule has 0 atom stereocenters. The van der Waals surface area contributed by atoms with E-state index in [1.165, 1.54) is 5.56 Å². The van der Waals surface area contributed by atoms with Crippen molar-refractivity contribution in [3.05, 3.63) is 52.8 Å². The van der Waals surface area contributed by atoms with Crippen molar-refractivity contribution in [1.29, 1.82) is 0 Å². The minimum absolute atomic E-state index is 0.0274. The largest absolute Gasteiger partial charge is 0.485 e. The quantitative estimate of drug-likeness (QED) is 0.735. The molecule has 2 aromatic rings. The van der Waals surface area contributed by atoms with Crippen molar-refractivity contribution in [2.24, 2.45) is 0 Å². The van der Waals surface area contributed by atoms with E-state index >= 15 is 0 Å². The summed E-state index contributed by atoms with van der Waals surface area (Å²) in [6.45, 7) is 10.5. The Labute approximate surface area is 132 Å². The Balaban J connectivity index is 2.07. The van der Waals surface area contributed by atoms with E-state index in [2.05, 4.69) is 25.3 Å². The molecule has 0 radical (unpaired) electrons. The molecule has 0 aliphatic rings. The van der Waals surface area contributed by atoms with E-state index in [0.29, 0.717) is 6.04 Å². The first kappa shape index (κ1) is 16.3. The van der Waals surface area contributed by atoms with E-state index in [-0.39, 0.29) is 12.4 Å². The molecule has 0 N–H and O–H groups in total. The molecule has 1 aromatic heterocycles. The van der Waals surface area contributed by atoms with Crippen LogP contribution in [0.3, 0.4) is 0 Å². The SMILES string of the molecule is CCc1ccc(OCC(=O)c2cc(C)n(C(C)C)c2C)cc1. The molecule has 0 unspecified atom stereocenters. The Morgan fingerprint density at radius 1 is 1.18 bits per heavy atom. The van der Waals surface area contributed by atoms with Crippen molar-refractivity contribution in [3.63, 3.8) is 0 Å². The number of rotatable bonds is 6. The highest BCUT2D eigenvalue weighted by molar-refractivity contribution is 5.98. The summed E-state index contributed by atoms with van der Waals surface area (Å²) in [5, 5.41) is 0. The smallest absolute Gasteiger partial charge is 0.202 e. The van der Waals surface area contributed by atoms with Gasteiger partial charge in [-0.05, 0) is 57.9 Å². The zero-order valence-electron chi connectivity index (χ0n) is 14.1. The number of hydrogen-bond acceptors (Lipinski definition) is 2. The third-order valence-electron chi connectivity index (χ3n) is 4.00. The molecule has 0 bridgehead atoms. The minimum Gasteiger partial charge on any atom is -0.485 e. The Bertz CT molecular complexity index is 651. The minimum atomic E-state index is 0.0274. The van der Waals surface area contributed by atoms with Crippen LogP contribution in [0.25, 0.3) is 0 Å². The Kier molecular flexibility index (Phi) is 5.07. The van der Waals surface area contributed by atoms with Gasteiger partial charge in [-0.15, -0.1) is 0 Å². The summed E-state index contributed by atoms with van der Waals surface area (Å²) < 4.78 is 7.81. The van der Waals surface area contributed by atoms with Crippen molar-refractivity contribution in [2.45, 2.75) is 47.1 Å². The standard InChI is InChI=1S/C19H25NO2/c1-6-16-7-9-17(10-8-16)22-12-19(21)18-11-14(4)20(13(2)3)15(18)5/h7-11,13H,6,12H2,1-5H3. The molecule has 1 heterocycles. The number of Topliss-reactive ketones (excluding diaryl/α,β-unsaturated/α-hetero) is 1. The summed E-state index contributed by atoms with van der Waals surface area (Å²) in [7, 11) is 0. The summed E-state index contributed by atoms with van der Waals surface area (Å²) in [4.78, 5) is 12.4. The molecule has 0 amide bonds. The summed E-state index contributed by atoms with van der Waals surface area (Å²) >= 11 is 0. The molecule has 0 aliphatic heterocycles. The molecule has 2 rings (SSSR count). The number of aromatic nitrogens is 1. The van der Waals surface area contributed by atoms with Gasteiger partial charge in [0.1, 0.15) is 5.75 Å². The van der Waals surface area contributed by atoms with Gasteiger partial charge >= 0.3 is 0 Å². The van der Waals surface area contributed by atoms with E-state index in [9.17, 15) is 4.79 Å². The van der Waals surface area contributed by atoms with Gasteiger partial charge < -0.3 is 9.30 Å². The Hall–Kier alpha value is -2.03. The van der Waals surface area contributed by atoms with Crippen molar-refractivity contribution in [3.8, 4) is 5.75 Å². The molecule has 0 spiro atoms. The van der Waals surface area contributed by atoms with Crippen LogP contribution in [0.5, 0.6) is 5.75 Å². The maximum Gasteiger partial charge on any atom is 0.202 e. The topological polar surface area (TPSA) is 31.2 Å². The predicted octanol–water partition coefficient (Wildman–Crippen LogP) is 4.51. The predicted molar refractivity (Wildman–Crippen MR) is 89.9 cm³/mol. The van der Waals surface area contributed by atoms with Crippen molar-refractivity contribution in [1.82, 2.24) is 4.57 Å². The van der Waals surface area contributed by atoms with Gasteiger partial charge in [-0.3, -0.25) is 4.79 Å². The van der Waals surface area contributed by atoms with Gasteiger partial charge in [0.15, 0.2) is 6.61 Å². The fourth-order valence-corrected chi connectivity index (χ4v) is 2.90. The third-order valence-corrected chi connectivity index (χ3v) is 4.00. The van der Waals surface area contributed by atoms with E-state index in [0.717, 1.165) is 29.1 Å². The highest BCUT2D eigenvalue weighted by Crippen LogP contribution is 2.21. The van der Waals surface area contributed by atoms with Gasteiger partial charge in [0.05, 0.1) is 0 Å². The number of ketones is 1. The first-order valence-electron chi connectivity index (χ1n) is 7.87. The fourth-order valence-electron chi connectivity index (χ4n) is 2.90. The normalized spacial score (nSPS) is 11.0. The maximum atomic E-state index is 12.4. The average Bonchev–Trinajstić information content (AvgIpc) is 2.80. The van der Waals surface area contributed by atoms with Crippen LogP contribution < -0.4 is 4.74 Å². The lowest BCUT2D eigenvalue weighted by molar-refractivity contribution is 0.0920. The molecule has 0 saturated carbocycles. The van der Waals surface area contributed by atoms with E-state index in [4.69, 9.17) is 4.74 Å². The zero-order valence-corrected chi connectivity index (χ0v) is 14.1. The van der Waals surface area contributed by atoms with Crippen LogP contribution in [-0.2, 0) is 6.42 Å². The van der Waals surface area contributed by atoms with Crippen LogP contribution >= 0.6 is 0 Å². The van der Waals surface area contributed by atoms with Crippen LogP contribution in [0.1, 0.15) is 54.1 Å². The van der Waals surface area contributed by atoms with E-state index in [1.807, 2.05) is 44.2 Å². The number of aryl methyl sites for hydroxylation is 2. The van der Waals surface area contributed by atoms with Crippen molar-refractivity contribution >= 4 is 5.78 Å². The number of carbonyl (C=O) groups is 1. The molecular weight excluding hydrogens is 274 g/mol. The number of carbonyl (C=O) groups excluding carboxylic acids is 1. The second-order valence-corrected chi connectivity index (χ2v) is 5.96. The van der Waals surface area contributed by atoms with Gasteiger partial charge in [0.25, 0.3) is 0 Å². The highest BCUT2D eigenvalue weighted by atomic mass is 16.5. The molecule has 1 aromatic carbocycles. The summed E-state index contributed by atoms with van der Waals surface area (Å²) in [6, 6.07) is 10.2. The van der Waals surface area contributed by atoms with Gasteiger partial charge in [0, 0.05) is 23.0 Å². The number of benzene rings is 1. The van der Waals surface area contributed by atoms with Gasteiger partial charge in [-0.1, -0.05) is 19.1 Å². The molecular formula is C19H25NO2. The lowest BCUT2D eigenvalue weighted by Gasteiger charge is -2.13. The number of hydrogen-bond donors (Lipinski definition) is 0. The number of ether oxygens (including phenoxy) is 1. The van der Waals surface area contributed by atoms with Crippen molar-refractivity contribution < 1.29 is 9.53 Å². The van der Waals surface area contributed by atoms with Crippen LogP contribution in [0.2, 0.25) is 0 Å². The van der Waals surface area contributed by atoms with Crippen LogP contribution in [0, 0.1) is 13.8 Å². The molecule has 22 heavy (non-hydrogen) atoms. The Morgan fingerprint density at radius 3 is 2.32 bits per heavy atom. The Morgan fingerprint density at radius 2 is 1.82 bits per heavy atom. The van der Waals surface area contributed by atoms with Gasteiger partial charge in [-0.2, -0.15) is 0 Å². The van der Waals surface area contributed by atoms with Gasteiger partial charge in [-0.25, -0.2) is 0 Å². The van der Waals surface area contributed by atoms with E-state index < -0.39 is 0 Å². The monoisotopic (exact) mass is 299 g/mol. The van der Waals surface area contributed by atoms with E-state index in [1.54, 1.807) is 0 Å². The van der Waals surface area contributed by atoms with Crippen molar-refractivity contribution in [2.75, 3.05) is 6.61 Å². The second kappa shape index (κ2) is 6.82. The first-order valence-corrected chi connectivity index (χ1v) is 7.87. The first-order chi connectivity index (χ1) is 10.4. The third kappa shape index (κ3) is 3.41. The zero-order chi connectivity index (χ0) is 16.3. The van der Waals surface area contributed by atoms with Gasteiger partial charge in [0.2, 0.25) is 5.78 Å². The average molecular weight is 299 g/mol. The second-order valence-electron chi connectivity index (χ2n) is 5.96. The summed E-state index contributed by atoms with van der Waals surface area (Å²) in [5.41, 5.74) is 4.15. The lowest BCUT2D eigenvalue weighted by Crippen LogP contribution is -2.13. The maximum absolute atomic E-state index is 12.4. The molecule has 3 nitrogen and oxygen atoms in total. The fraction of sp³-hybridized carbons (Fsp3) is 0.421. The number of nitrogens with zero attached hydrogens (tertiary/aromatic N) is 1. The molecule has 0 fully saturated rings. The molecule has 118 valence electrons. The van der Waals surface area contributed by atoms with Crippen LogP contribution in [0.15, 0.2) is 30.3 Å². The summed E-state index contributed by atoms with van der Waals surface area (Å²) in [5.74, 6) is 0.766.